The first-order chi connectivity index (χ1) is 3.39. The summed E-state index contributed by atoms with van der Waals surface area (Å²) in [5.41, 5.74) is 0. The van der Waals surface area contributed by atoms with Gasteiger partial charge in [-0.2, -0.15) is 0 Å². The van der Waals surface area contributed by atoms with E-state index >= 15 is 0 Å². The minimum atomic E-state index is 0.296. The summed E-state index contributed by atoms with van der Waals surface area (Å²) in [7, 11) is 0. The van der Waals surface area contributed by atoms with Crippen molar-refractivity contribution in [2.75, 3.05) is 6.54 Å². The van der Waals surface area contributed by atoms with Crippen molar-refractivity contribution in [1.29, 1.82) is 0 Å². The van der Waals surface area contributed by atoms with E-state index in [1.54, 1.807) is 12.6 Å². The highest BCUT2D eigenvalue weighted by Gasteiger charge is 1.95. The van der Waals surface area contributed by atoms with E-state index in [9.17, 15) is 0 Å². The zero-order chi connectivity index (χ0) is 5.11. The molecule has 7 heavy (non-hydrogen) atoms. The second kappa shape index (κ2) is 1.87. The molecule has 0 fully saturated rings. The van der Waals surface area contributed by atoms with E-state index in [2.05, 4.69) is 16.9 Å². The molecule has 1 rings (SSSR count). The van der Waals surface area contributed by atoms with Crippen molar-refractivity contribution >= 4 is 12.6 Å². The maximum absolute atomic E-state index is 3.87. The van der Waals surface area contributed by atoms with Crippen LogP contribution in [0.1, 0.15) is 0 Å². The van der Waals surface area contributed by atoms with Crippen molar-refractivity contribution in [2.24, 2.45) is 15.9 Å². The van der Waals surface area contributed by atoms with Gasteiger partial charge in [-0.05, 0) is 6.92 Å². The number of nitrogens with zero attached hydrogens (tertiary/aromatic N) is 2. The lowest BCUT2D eigenvalue weighted by molar-refractivity contribution is 0.869. The quantitative estimate of drug-likeness (QED) is 0.419. The SMILES string of the molecule is [CH2]C1C=NC=NC1. The second-order valence-electron chi connectivity index (χ2n) is 1.54. The molecule has 0 saturated heterocycles. The van der Waals surface area contributed by atoms with Crippen LogP contribution < -0.4 is 0 Å². The lowest BCUT2D eigenvalue weighted by Crippen LogP contribution is -2.04. The number of rotatable bonds is 0. The molecule has 0 aliphatic carbocycles. The van der Waals surface area contributed by atoms with Gasteiger partial charge in [0.1, 0.15) is 6.34 Å². The Morgan fingerprint density at radius 3 is 2.86 bits per heavy atom. The van der Waals surface area contributed by atoms with Gasteiger partial charge in [0.2, 0.25) is 0 Å². The lowest BCUT2D eigenvalue weighted by Gasteiger charge is -2.00. The first-order valence-electron chi connectivity index (χ1n) is 2.24. The van der Waals surface area contributed by atoms with Crippen LogP contribution in [0.4, 0.5) is 0 Å². The Morgan fingerprint density at radius 1 is 1.71 bits per heavy atom. The fourth-order valence-electron chi connectivity index (χ4n) is 0.437. The Kier molecular flexibility index (Phi) is 1.20. The number of hydrogen-bond donors (Lipinski definition) is 0. The fourth-order valence-corrected chi connectivity index (χ4v) is 0.437. The third kappa shape index (κ3) is 1.11. The molecule has 2 nitrogen and oxygen atoms in total. The van der Waals surface area contributed by atoms with Gasteiger partial charge < -0.3 is 0 Å². The average Bonchev–Trinajstić information content (AvgIpc) is 1.69. The molecule has 0 aromatic carbocycles. The van der Waals surface area contributed by atoms with Gasteiger partial charge in [-0.25, -0.2) is 4.99 Å². The molecule has 0 saturated carbocycles. The van der Waals surface area contributed by atoms with Gasteiger partial charge in [0.05, 0.1) is 0 Å². The summed E-state index contributed by atoms with van der Waals surface area (Å²) in [6.45, 7) is 4.53. The standard InChI is InChI=1S/C5H7N2/c1-5-2-6-4-7-3-5/h2,4-5H,1,3H2. The van der Waals surface area contributed by atoms with Crippen LogP contribution in [0.5, 0.6) is 0 Å². The Bertz CT molecular complexity index is 105. The summed E-state index contributed by atoms with van der Waals surface area (Å²) in [6.07, 6.45) is 3.36. The van der Waals surface area contributed by atoms with E-state index in [0.29, 0.717) is 5.92 Å². The Balaban J connectivity index is 2.49. The van der Waals surface area contributed by atoms with E-state index in [4.69, 9.17) is 0 Å². The van der Waals surface area contributed by atoms with Crippen LogP contribution in [-0.4, -0.2) is 19.1 Å². The normalized spacial score (nSPS) is 28.4. The highest BCUT2D eigenvalue weighted by Crippen LogP contribution is 1.92. The van der Waals surface area contributed by atoms with Crippen molar-refractivity contribution in [3.05, 3.63) is 6.92 Å². The van der Waals surface area contributed by atoms with Crippen LogP contribution in [0, 0.1) is 12.8 Å². The summed E-state index contributed by atoms with van der Waals surface area (Å²) < 4.78 is 0. The van der Waals surface area contributed by atoms with Crippen LogP contribution in [0.2, 0.25) is 0 Å². The van der Waals surface area contributed by atoms with Gasteiger partial charge in [-0.15, -0.1) is 0 Å². The second-order valence-corrected chi connectivity index (χ2v) is 1.54. The molecule has 2 heteroatoms. The summed E-state index contributed by atoms with van der Waals surface area (Å²) in [5.74, 6) is 0.296. The molecule has 1 heterocycles. The number of hydrogen-bond acceptors (Lipinski definition) is 2. The van der Waals surface area contributed by atoms with Gasteiger partial charge in [0.15, 0.2) is 0 Å². The van der Waals surface area contributed by atoms with Gasteiger partial charge in [0, 0.05) is 18.7 Å². The molecule has 0 aromatic rings. The predicted molar refractivity (Wildman–Crippen MR) is 30.7 cm³/mol. The third-order valence-electron chi connectivity index (χ3n) is 0.785. The molecule has 1 aliphatic rings. The molecule has 0 spiro atoms. The molecule has 1 atom stereocenters. The fraction of sp³-hybridized carbons (Fsp3) is 0.400. The smallest absolute Gasteiger partial charge is 0.109 e. The zero-order valence-electron chi connectivity index (χ0n) is 4.04. The molecule has 1 unspecified atom stereocenters. The Labute approximate surface area is 43.0 Å². The Hall–Kier alpha value is -0.660. The van der Waals surface area contributed by atoms with E-state index in [1.165, 1.54) is 0 Å². The molecule has 1 radical (unpaired) electrons. The lowest BCUT2D eigenvalue weighted by atomic mass is 10.2. The molecule has 0 aromatic heterocycles. The van der Waals surface area contributed by atoms with E-state index in [0.717, 1.165) is 6.54 Å². The van der Waals surface area contributed by atoms with Crippen LogP contribution in [0.25, 0.3) is 0 Å². The van der Waals surface area contributed by atoms with Gasteiger partial charge in [-0.3, -0.25) is 4.99 Å². The van der Waals surface area contributed by atoms with Crippen LogP contribution in [-0.2, 0) is 0 Å². The van der Waals surface area contributed by atoms with E-state index in [1.807, 2.05) is 0 Å². The molecule has 0 bridgehead atoms. The molecule has 1 aliphatic heterocycles. The van der Waals surface area contributed by atoms with Crippen LogP contribution in [0.15, 0.2) is 9.98 Å². The van der Waals surface area contributed by atoms with Crippen molar-refractivity contribution in [2.45, 2.75) is 0 Å². The van der Waals surface area contributed by atoms with Crippen molar-refractivity contribution in [3.63, 3.8) is 0 Å². The summed E-state index contributed by atoms with van der Waals surface area (Å²) >= 11 is 0. The minimum Gasteiger partial charge on any atom is -0.273 e. The maximum atomic E-state index is 3.87. The van der Waals surface area contributed by atoms with Gasteiger partial charge in [0.25, 0.3) is 0 Å². The molecular formula is C5H7N2. The molecule has 0 amide bonds. The molecule has 0 N–H and O–H groups in total. The van der Waals surface area contributed by atoms with Gasteiger partial charge in [-0.1, -0.05) is 0 Å². The van der Waals surface area contributed by atoms with E-state index < -0.39 is 0 Å². The highest BCUT2D eigenvalue weighted by molar-refractivity contribution is 5.76. The first-order valence-corrected chi connectivity index (χ1v) is 2.24. The van der Waals surface area contributed by atoms with Crippen LogP contribution in [0.3, 0.4) is 0 Å². The monoisotopic (exact) mass is 95.1 g/mol. The summed E-state index contributed by atoms with van der Waals surface area (Å²) in [5, 5.41) is 0. The van der Waals surface area contributed by atoms with Crippen molar-refractivity contribution < 1.29 is 0 Å². The maximum Gasteiger partial charge on any atom is 0.109 e. The van der Waals surface area contributed by atoms with E-state index in [-0.39, 0.29) is 0 Å². The minimum absolute atomic E-state index is 0.296. The molecular weight excluding hydrogens is 88.1 g/mol. The predicted octanol–water partition coefficient (Wildman–Crippen LogP) is 0.549. The molecule has 37 valence electrons. The Morgan fingerprint density at radius 2 is 2.57 bits per heavy atom. The topological polar surface area (TPSA) is 24.7 Å². The zero-order valence-corrected chi connectivity index (χ0v) is 4.04. The number of aliphatic imine (C=N–C) groups is 2. The first kappa shape index (κ1) is 4.50. The summed E-state index contributed by atoms with van der Waals surface area (Å²) in [6, 6.07) is 0. The van der Waals surface area contributed by atoms with Crippen LogP contribution >= 0.6 is 0 Å². The largest absolute Gasteiger partial charge is 0.273 e. The third-order valence-corrected chi connectivity index (χ3v) is 0.785. The highest BCUT2D eigenvalue weighted by atomic mass is 14.9. The van der Waals surface area contributed by atoms with Crippen molar-refractivity contribution in [3.8, 4) is 0 Å². The summed E-state index contributed by atoms with van der Waals surface area (Å²) in [4.78, 5) is 7.65. The average molecular weight is 95.1 g/mol. The van der Waals surface area contributed by atoms with Crippen molar-refractivity contribution in [1.82, 2.24) is 0 Å². The van der Waals surface area contributed by atoms with Gasteiger partial charge >= 0.3 is 0 Å².